The fourth-order valence-corrected chi connectivity index (χ4v) is 2.18. The van der Waals surface area contributed by atoms with E-state index < -0.39 is 49.2 Å². The average molecular weight is 291 g/mol. The van der Waals surface area contributed by atoms with Crippen molar-refractivity contribution in [3.8, 4) is 0 Å². The number of aromatic nitrogens is 2. The van der Waals surface area contributed by atoms with E-state index in [-0.39, 0.29) is 28.5 Å². The van der Waals surface area contributed by atoms with E-state index in [0.29, 0.717) is 4.57 Å². The molecule has 1 aliphatic carbocycles. The number of ketones is 2. The van der Waals surface area contributed by atoms with Gasteiger partial charge in [-0.25, -0.2) is 4.98 Å². The van der Waals surface area contributed by atoms with Crippen molar-refractivity contribution in [1.82, 2.24) is 9.55 Å². The summed E-state index contributed by atoms with van der Waals surface area (Å²) in [7, 11) is 0. The molecule has 0 aliphatic heterocycles. The Balaban J connectivity index is 2.47. The lowest BCUT2D eigenvalue weighted by Crippen LogP contribution is -2.36. The number of hydrogen-bond donors (Lipinski definition) is 1. The molecule has 1 saturated carbocycles. The van der Waals surface area contributed by atoms with Gasteiger partial charge in [0.15, 0.2) is 5.78 Å². The second-order valence-corrected chi connectivity index (χ2v) is 4.52. The number of anilines is 1. The first-order valence-corrected chi connectivity index (χ1v) is 6.07. The van der Waals surface area contributed by atoms with E-state index in [0.717, 1.165) is 0 Å². The summed E-state index contributed by atoms with van der Waals surface area (Å²) in [6, 6.07) is -0.546. The number of nitrogen functional groups attached to an aromatic ring is 1. The highest BCUT2D eigenvalue weighted by molar-refractivity contribution is 6.03. The molecule has 21 heavy (non-hydrogen) atoms. The SMILES string of the molecule is [2H]Cc1nc2ccc([2H])c(N)c2c(=O)n1C1([2H])C(=O)CC(=O)C([2H])C1([2H])[2H]. The number of rotatable bonds is 1. The molecule has 2 atom stereocenters. The summed E-state index contributed by atoms with van der Waals surface area (Å²) >= 11 is 0. The second-order valence-electron chi connectivity index (χ2n) is 4.52. The Morgan fingerprint density at radius 1 is 1.57 bits per heavy atom. The summed E-state index contributed by atoms with van der Waals surface area (Å²) in [6.45, 7) is -0.658. The summed E-state index contributed by atoms with van der Waals surface area (Å²) in [6.07, 6.45) is -5.99. The van der Waals surface area contributed by atoms with Crippen molar-refractivity contribution in [1.29, 1.82) is 0 Å². The van der Waals surface area contributed by atoms with Crippen LogP contribution in [0.4, 0.5) is 5.69 Å². The number of aryl methyl sites for hydroxylation is 1. The molecule has 1 aliphatic rings. The van der Waals surface area contributed by atoms with E-state index in [1.54, 1.807) is 0 Å². The fraction of sp³-hybridized carbons (Fsp3) is 0.333. The molecule has 0 radical (unpaired) electrons. The maximum atomic E-state index is 13.1. The van der Waals surface area contributed by atoms with Gasteiger partial charge in [0.05, 0.1) is 26.1 Å². The van der Waals surface area contributed by atoms with Crippen molar-refractivity contribution >= 4 is 28.2 Å². The van der Waals surface area contributed by atoms with Crippen LogP contribution in [-0.2, 0) is 9.59 Å². The van der Waals surface area contributed by atoms with Gasteiger partial charge in [-0.15, -0.1) is 0 Å². The zero-order valence-corrected chi connectivity index (χ0v) is 10.8. The van der Waals surface area contributed by atoms with Gasteiger partial charge in [0.1, 0.15) is 11.6 Å². The summed E-state index contributed by atoms with van der Waals surface area (Å²) < 4.78 is 48.3. The molecule has 2 unspecified atom stereocenters. The van der Waals surface area contributed by atoms with Gasteiger partial charge in [-0.1, -0.05) is 6.07 Å². The van der Waals surface area contributed by atoms with Gasteiger partial charge in [-0.05, 0) is 25.4 Å². The van der Waals surface area contributed by atoms with Crippen molar-refractivity contribution in [2.45, 2.75) is 32.1 Å². The number of Topliss-reactive ketones (excluding diaryl/α,β-unsaturated/α-hetero) is 2. The molecule has 0 spiro atoms. The first-order chi connectivity index (χ1) is 12.5. The van der Waals surface area contributed by atoms with Crippen molar-refractivity contribution in [2.24, 2.45) is 0 Å². The Labute approximate surface area is 129 Å². The Bertz CT molecular complexity index is 1050. The molecule has 2 aromatic rings. The van der Waals surface area contributed by atoms with Gasteiger partial charge in [0, 0.05) is 17.6 Å². The third-order valence-electron chi connectivity index (χ3n) is 3.12. The Morgan fingerprint density at radius 2 is 2.38 bits per heavy atom. The van der Waals surface area contributed by atoms with E-state index in [4.69, 9.17) is 14.0 Å². The number of fused-ring (bicyclic) bond motifs is 1. The largest absolute Gasteiger partial charge is 0.398 e. The van der Waals surface area contributed by atoms with E-state index in [1.165, 1.54) is 12.1 Å². The number of carbonyl (C=O) groups is 2. The summed E-state index contributed by atoms with van der Waals surface area (Å²) in [4.78, 5) is 41.5. The van der Waals surface area contributed by atoms with Crippen LogP contribution in [0.2, 0.25) is 0 Å². The Hall–Kier alpha value is -2.50. The van der Waals surface area contributed by atoms with Crippen LogP contribution in [0, 0.1) is 6.90 Å². The molecule has 6 heteroatoms. The molecule has 0 bridgehead atoms. The van der Waals surface area contributed by atoms with Crippen LogP contribution >= 0.6 is 0 Å². The molecule has 0 amide bonds. The van der Waals surface area contributed by atoms with Gasteiger partial charge < -0.3 is 5.73 Å². The molecule has 1 fully saturated rings. The van der Waals surface area contributed by atoms with Gasteiger partial charge in [0.25, 0.3) is 5.56 Å². The average Bonchev–Trinajstić information content (AvgIpc) is 2.61. The third-order valence-corrected chi connectivity index (χ3v) is 3.12. The molecule has 108 valence electrons. The lowest BCUT2D eigenvalue weighted by atomic mass is 9.92. The zero-order valence-electron chi connectivity index (χ0n) is 16.8. The monoisotopic (exact) mass is 291 g/mol. The highest BCUT2D eigenvalue weighted by Crippen LogP contribution is 2.24. The van der Waals surface area contributed by atoms with Gasteiger partial charge >= 0.3 is 0 Å². The first kappa shape index (κ1) is 8.07. The first-order valence-electron chi connectivity index (χ1n) is 9.35. The van der Waals surface area contributed by atoms with Gasteiger partial charge in [-0.2, -0.15) is 0 Å². The van der Waals surface area contributed by atoms with Crippen molar-refractivity contribution in [3.05, 3.63) is 34.4 Å². The third kappa shape index (κ3) is 2.12. The van der Waals surface area contributed by atoms with Crippen molar-refractivity contribution < 1.29 is 17.8 Å². The lowest BCUT2D eigenvalue weighted by Gasteiger charge is -2.24. The number of nitrogens with zero attached hydrogens (tertiary/aromatic N) is 2. The summed E-state index contributed by atoms with van der Waals surface area (Å²) in [5.41, 5.74) is 4.49. The van der Waals surface area contributed by atoms with Crippen LogP contribution in [0.25, 0.3) is 10.9 Å². The topological polar surface area (TPSA) is 95.0 Å². The Kier molecular flexibility index (Phi) is 1.84. The minimum atomic E-state index is -3.05. The number of hydrogen-bond acceptors (Lipinski definition) is 5. The molecular formula is C15H15N3O3. The van der Waals surface area contributed by atoms with E-state index in [9.17, 15) is 14.4 Å². The molecule has 0 saturated heterocycles. The van der Waals surface area contributed by atoms with Crippen LogP contribution in [0.5, 0.6) is 0 Å². The second kappa shape index (κ2) is 4.80. The van der Waals surface area contributed by atoms with Crippen LogP contribution in [0.3, 0.4) is 0 Å². The summed E-state index contributed by atoms with van der Waals surface area (Å²) in [5, 5.41) is -0.284. The number of carbonyl (C=O) groups excluding carboxylic acids is 2. The smallest absolute Gasteiger partial charge is 0.264 e. The maximum Gasteiger partial charge on any atom is 0.264 e. The van der Waals surface area contributed by atoms with Gasteiger partial charge in [0.2, 0.25) is 0 Å². The highest BCUT2D eigenvalue weighted by atomic mass is 16.2. The summed E-state index contributed by atoms with van der Waals surface area (Å²) in [5.74, 6) is -2.58. The Morgan fingerprint density at radius 3 is 3.14 bits per heavy atom. The molecule has 1 aromatic heterocycles. The molecule has 3 rings (SSSR count). The van der Waals surface area contributed by atoms with E-state index in [2.05, 4.69) is 4.98 Å². The normalized spacial score (nSPS) is 32.7. The molecule has 2 N–H and O–H groups in total. The lowest BCUT2D eigenvalue weighted by molar-refractivity contribution is -0.132. The minimum Gasteiger partial charge on any atom is -0.398 e. The molecule has 1 heterocycles. The van der Waals surface area contributed by atoms with Crippen LogP contribution in [0.15, 0.2) is 23.0 Å². The molecule has 1 aromatic carbocycles. The van der Waals surface area contributed by atoms with Crippen LogP contribution < -0.4 is 11.3 Å². The predicted octanol–water partition coefficient (Wildman–Crippen LogP) is 1.15. The zero-order chi connectivity index (χ0) is 20.3. The van der Waals surface area contributed by atoms with Crippen molar-refractivity contribution in [2.75, 3.05) is 5.73 Å². The molecular weight excluding hydrogens is 270 g/mol. The van der Waals surface area contributed by atoms with E-state index >= 15 is 0 Å². The molecule has 6 nitrogen and oxygen atoms in total. The predicted molar refractivity (Wildman–Crippen MR) is 78.1 cm³/mol. The van der Waals surface area contributed by atoms with E-state index in [1.807, 2.05) is 0 Å². The standard InChI is InChI=1S/C15H15N3O3/c1-8-17-11-4-2-3-10(16)14(11)15(21)18(8)12-6-5-9(19)7-13(12)20/h2-4,12H,5-7,16H2,1H3/i1D,3D,5D,6D2,12D. The van der Waals surface area contributed by atoms with Crippen molar-refractivity contribution in [3.63, 3.8) is 0 Å². The fourth-order valence-electron chi connectivity index (χ4n) is 2.18. The highest BCUT2D eigenvalue weighted by Gasteiger charge is 2.30. The quantitative estimate of drug-likeness (QED) is 0.628. The number of benzene rings is 1. The van der Waals surface area contributed by atoms with Crippen LogP contribution in [-0.4, -0.2) is 21.1 Å². The van der Waals surface area contributed by atoms with Crippen LogP contribution in [0.1, 0.15) is 39.3 Å². The minimum absolute atomic E-state index is 0.0397. The van der Waals surface area contributed by atoms with Gasteiger partial charge in [-0.3, -0.25) is 19.0 Å². The maximum absolute atomic E-state index is 13.1. The number of nitrogens with two attached hydrogens (primary N) is 1.